The number of carbonyl (C=O) groups is 1. The van der Waals surface area contributed by atoms with Gasteiger partial charge in [-0.15, -0.1) is 0 Å². The Morgan fingerprint density at radius 2 is 2.04 bits per heavy atom. The molecule has 1 aromatic heterocycles. The van der Waals surface area contributed by atoms with Gasteiger partial charge in [0.1, 0.15) is 24.5 Å². The van der Waals surface area contributed by atoms with Gasteiger partial charge in [0, 0.05) is 11.8 Å². The quantitative estimate of drug-likeness (QED) is 0.337. The number of aromatic amines is 1. The minimum atomic E-state index is -4.45. The summed E-state index contributed by atoms with van der Waals surface area (Å²) in [5.41, 5.74) is -1.35. The van der Waals surface area contributed by atoms with Gasteiger partial charge in [0.15, 0.2) is 6.23 Å². The van der Waals surface area contributed by atoms with E-state index >= 15 is 0 Å². The molecule has 1 saturated heterocycles. The Kier molecular flexibility index (Phi) is 5.62. The predicted octanol–water partition coefficient (Wildman–Crippen LogP) is -2.25. The van der Waals surface area contributed by atoms with Crippen molar-refractivity contribution in [2.75, 3.05) is 12.8 Å². The van der Waals surface area contributed by atoms with Crippen molar-refractivity contribution < 1.29 is 38.8 Å². The predicted molar refractivity (Wildman–Crippen MR) is 80.3 cm³/mol. The summed E-state index contributed by atoms with van der Waals surface area (Å²) in [4.78, 5) is 45.0. The fourth-order valence-electron chi connectivity index (χ4n) is 2.28. The van der Waals surface area contributed by atoms with Crippen LogP contribution >= 0.6 is 7.60 Å². The normalized spacial score (nSPS) is 28.6. The Morgan fingerprint density at radius 3 is 2.64 bits per heavy atom. The average molecular weight is 380 g/mol. The number of aromatic nitrogens is 2. The maximum Gasteiger partial charge on any atom is 0.339 e. The Balaban J connectivity index is 2.15. The standard InChI is InChI=1S/C12H17N2O10P/c1-5-2-14(12(20)13-10(5)19)11-9(18)8(17)6(24-11)3-23-25(21,22)4-7(15)16/h2,6,8-9,11,17-18H,3-4H2,1H3,(H,15,16)(H,21,22)(H,13,19,20)/t6-,8-,9+,11?/m1/s1. The summed E-state index contributed by atoms with van der Waals surface area (Å²) < 4.78 is 22.2. The molecule has 25 heavy (non-hydrogen) atoms. The highest BCUT2D eigenvalue weighted by atomic mass is 31.2. The number of carboxylic acid groups (broad SMARTS) is 1. The maximum absolute atomic E-state index is 11.8. The second-order valence-electron chi connectivity index (χ2n) is 5.51. The van der Waals surface area contributed by atoms with Crippen LogP contribution in [-0.2, 0) is 18.6 Å². The van der Waals surface area contributed by atoms with E-state index in [1.165, 1.54) is 6.92 Å². The number of carboxylic acids is 1. The van der Waals surface area contributed by atoms with Crippen molar-refractivity contribution in [3.05, 3.63) is 32.6 Å². The highest BCUT2D eigenvalue weighted by Crippen LogP contribution is 2.42. The number of aliphatic carboxylic acids is 1. The van der Waals surface area contributed by atoms with Crippen LogP contribution in [0.15, 0.2) is 15.8 Å². The summed E-state index contributed by atoms with van der Waals surface area (Å²) in [5.74, 6) is -1.55. The first-order valence-electron chi connectivity index (χ1n) is 7.03. The van der Waals surface area contributed by atoms with Crippen LogP contribution in [0.2, 0.25) is 0 Å². The highest BCUT2D eigenvalue weighted by Gasteiger charge is 2.45. The maximum atomic E-state index is 11.8. The number of rotatable bonds is 6. The number of aliphatic hydroxyl groups excluding tert-OH is 2. The third-order valence-corrected chi connectivity index (χ3v) is 4.76. The summed E-state index contributed by atoms with van der Waals surface area (Å²) in [6.07, 6.45) is -5.84. The lowest BCUT2D eigenvalue weighted by atomic mass is 10.1. The number of nitrogens with one attached hydrogen (secondary N) is 1. The highest BCUT2D eigenvalue weighted by molar-refractivity contribution is 7.53. The lowest BCUT2D eigenvalue weighted by Gasteiger charge is -2.17. The Hall–Kier alpha value is -1.82. The number of nitrogens with zero attached hydrogens (tertiary/aromatic N) is 1. The molecule has 0 saturated carbocycles. The molecule has 13 heteroatoms. The van der Waals surface area contributed by atoms with Crippen molar-refractivity contribution >= 4 is 13.6 Å². The Labute approximate surface area is 139 Å². The van der Waals surface area contributed by atoms with Crippen LogP contribution in [0.25, 0.3) is 0 Å². The summed E-state index contributed by atoms with van der Waals surface area (Å²) in [7, 11) is -4.45. The molecule has 1 aliphatic heterocycles. The SMILES string of the molecule is Cc1cn(C2O[C@H](COP(=O)(O)CC(=O)O)[C@@H](O)[C@@H]2O)c(=O)[nH]c1=O. The molecule has 2 rings (SSSR count). The molecule has 5 atom stereocenters. The van der Waals surface area contributed by atoms with Crippen molar-refractivity contribution in [1.82, 2.24) is 9.55 Å². The summed E-state index contributed by atoms with van der Waals surface area (Å²) >= 11 is 0. The van der Waals surface area contributed by atoms with E-state index in [0.29, 0.717) is 0 Å². The van der Waals surface area contributed by atoms with E-state index < -0.39 is 62.1 Å². The largest absolute Gasteiger partial charge is 0.481 e. The van der Waals surface area contributed by atoms with Gasteiger partial charge in [0.2, 0.25) is 0 Å². The second-order valence-corrected chi connectivity index (χ2v) is 7.36. The molecule has 140 valence electrons. The third-order valence-electron chi connectivity index (χ3n) is 3.53. The van der Waals surface area contributed by atoms with E-state index in [1.54, 1.807) is 0 Å². The van der Waals surface area contributed by atoms with Crippen molar-refractivity contribution in [3.63, 3.8) is 0 Å². The summed E-state index contributed by atoms with van der Waals surface area (Å²) in [6.45, 7) is 0.730. The molecule has 1 aliphatic rings. The van der Waals surface area contributed by atoms with Crippen LogP contribution in [0.4, 0.5) is 0 Å². The zero-order valence-electron chi connectivity index (χ0n) is 12.9. The monoisotopic (exact) mass is 380 g/mol. The molecule has 0 spiro atoms. The first kappa shape index (κ1) is 19.5. The van der Waals surface area contributed by atoms with Crippen molar-refractivity contribution in [3.8, 4) is 0 Å². The number of hydrogen-bond donors (Lipinski definition) is 5. The smallest absolute Gasteiger partial charge is 0.339 e. The molecule has 0 bridgehead atoms. The number of ether oxygens (including phenoxy) is 1. The second kappa shape index (κ2) is 7.20. The fraction of sp³-hybridized carbons (Fsp3) is 0.583. The number of aryl methyl sites for hydroxylation is 1. The minimum Gasteiger partial charge on any atom is -0.481 e. The number of aliphatic hydroxyl groups is 2. The van der Waals surface area contributed by atoms with Gasteiger partial charge in [0.25, 0.3) is 5.56 Å². The molecule has 0 radical (unpaired) electrons. The molecule has 2 heterocycles. The van der Waals surface area contributed by atoms with E-state index in [9.17, 15) is 34.1 Å². The van der Waals surface area contributed by atoms with Gasteiger partial charge in [-0.1, -0.05) is 0 Å². The zero-order valence-corrected chi connectivity index (χ0v) is 13.8. The Morgan fingerprint density at radius 1 is 1.40 bits per heavy atom. The van der Waals surface area contributed by atoms with E-state index in [2.05, 4.69) is 4.52 Å². The van der Waals surface area contributed by atoms with Crippen LogP contribution in [0.3, 0.4) is 0 Å². The van der Waals surface area contributed by atoms with Crippen LogP contribution in [0.5, 0.6) is 0 Å². The molecular weight excluding hydrogens is 363 g/mol. The van der Waals surface area contributed by atoms with Crippen molar-refractivity contribution in [2.24, 2.45) is 0 Å². The van der Waals surface area contributed by atoms with E-state index in [0.717, 1.165) is 10.8 Å². The molecule has 0 aliphatic carbocycles. The minimum absolute atomic E-state index is 0.158. The van der Waals surface area contributed by atoms with Crippen LogP contribution < -0.4 is 11.2 Å². The molecule has 2 unspecified atom stereocenters. The van der Waals surface area contributed by atoms with Crippen molar-refractivity contribution in [1.29, 1.82) is 0 Å². The lowest BCUT2D eigenvalue weighted by Crippen LogP contribution is -2.38. The van der Waals surface area contributed by atoms with Gasteiger partial charge in [-0.25, -0.2) is 4.79 Å². The van der Waals surface area contributed by atoms with Gasteiger partial charge in [-0.3, -0.25) is 23.7 Å². The molecule has 0 aromatic carbocycles. The van der Waals surface area contributed by atoms with E-state index in [1.807, 2.05) is 4.98 Å². The van der Waals surface area contributed by atoms with Gasteiger partial charge < -0.3 is 29.5 Å². The Bertz CT molecular complexity index is 817. The van der Waals surface area contributed by atoms with E-state index in [-0.39, 0.29) is 5.56 Å². The first-order chi connectivity index (χ1) is 11.5. The van der Waals surface area contributed by atoms with Gasteiger partial charge in [0.05, 0.1) is 6.61 Å². The van der Waals surface area contributed by atoms with Gasteiger partial charge >= 0.3 is 19.3 Å². The van der Waals surface area contributed by atoms with Crippen LogP contribution in [-0.4, -0.2) is 66.8 Å². The van der Waals surface area contributed by atoms with Gasteiger partial charge in [-0.05, 0) is 6.92 Å². The average Bonchev–Trinajstić information content (AvgIpc) is 2.76. The fourth-order valence-corrected chi connectivity index (χ4v) is 3.09. The number of H-pyrrole nitrogens is 1. The third kappa shape index (κ3) is 4.42. The number of hydrogen-bond acceptors (Lipinski definition) is 8. The van der Waals surface area contributed by atoms with Gasteiger partial charge in [-0.2, -0.15) is 0 Å². The molecule has 1 aromatic rings. The lowest BCUT2D eigenvalue weighted by molar-refractivity contribution is -0.134. The van der Waals surface area contributed by atoms with Crippen molar-refractivity contribution in [2.45, 2.75) is 31.5 Å². The topological polar surface area (TPSA) is 188 Å². The molecular formula is C12H17N2O10P. The van der Waals surface area contributed by atoms with Crippen LogP contribution in [0, 0.1) is 6.92 Å². The zero-order chi connectivity index (χ0) is 18.9. The van der Waals surface area contributed by atoms with Crippen LogP contribution in [0.1, 0.15) is 11.8 Å². The first-order valence-corrected chi connectivity index (χ1v) is 8.80. The summed E-state index contributed by atoms with van der Waals surface area (Å²) in [5, 5.41) is 28.5. The molecule has 5 N–H and O–H groups in total. The molecule has 12 nitrogen and oxygen atoms in total. The summed E-state index contributed by atoms with van der Waals surface area (Å²) in [6, 6.07) is 0. The molecule has 0 amide bonds. The molecule has 1 fully saturated rings. The van der Waals surface area contributed by atoms with E-state index in [4.69, 9.17) is 9.84 Å².